The first kappa shape index (κ1) is 14.5. The lowest BCUT2D eigenvalue weighted by Crippen LogP contribution is -2.06. The van der Waals surface area contributed by atoms with Crippen LogP contribution in [0, 0.1) is 18.6 Å². The van der Waals surface area contributed by atoms with E-state index >= 15 is 0 Å². The number of hydrogen-bond acceptors (Lipinski definition) is 3. The van der Waals surface area contributed by atoms with Gasteiger partial charge in [-0.05, 0) is 49.8 Å². The van der Waals surface area contributed by atoms with Gasteiger partial charge in [0.25, 0.3) is 0 Å². The van der Waals surface area contributed by atoms with E-state index in [0.717, 1.165) is 22.8 Å². The van der Waals surface area contributed by atoms with Gasteiger partial charge in [0.2, 0.25) is 0 Å². The summed E-state index contributed by atoms with van der Waals surface area (Å²) in [4.78, 5) is 0. The monoisotopic (exact) mass is 311 g/mol. The second-order valence-electron chi connectivity index (χ2n) is 5.17. The minimum Gasteiger partial charge on any atom is -0.485 e. The third kappa shape index (κ3) is 2.94. The Labute approximate surface area is 134 Å². The van der Waals surface area contributed by atoms with E-state index in [1.54, 1.807) is 0 Å². The number of H-pyrrole nitrogens is 1. The van der Waals surface area contributed by atoms with Crippen molar-refractivity contribution in [3.05, 3.63) is 70.3 Å². The molecule has 0 aliphatic heterocycles. The Hall–Kier alpha value is -2.40. The number of benzene rings is 2. The van der Waals surface area contributed by atoms with Crippen LogP contribution < -0.4 is 4.74 Å². The predicted octanol–water partition coefficient (Wildman–Crippen LogP) is 4.13. The molecule has 0 saturated heterocycles. The van der Waals surface area contributed by atoms with Crippen LogP contribution in [0.4, 0.5) is 0 Å². The highest BCUT2D eigenvalue weighted by Crippen LogP contribution is 2.19. The van der Waals surface area contributed by atoms with Crippen molar-refractivity contribution in [1.29, 1.82) is 0 Å². The first-order valence-corrected chi connectivity index (χ1v) is 7.48. The topological polar surface area (TPSA) is 42.8 Å². The first-order chi connectivity index (χ1) is 10.6. The number of ether oxygens (including phenoxy) is 1. The fraction of sp³-hybridized carbons (Fsp3) is 0.176. The fourth-order valence-corrected chi connectivity index (χ4v) is 2.50. The summed E-state index contributed by atoms with van der Waals surface area (Å²) in [5, 5.41) is 7.12. The lowest BCUT2D eigenvalue weighted by molar-refractivity contribution is 0.291. The van der Waals surface area contributed by atoms with Gasteiger partial charge in [-0.1, -0.05) is 35.9 Å². The molecule has 1 N–H and O–H groups in total. The largest absolute Gasteiger partial charge is 0.485 e. The van der Waals surface area contributed by atoms with Gasteiger partial charge >= 0.3 is 0 Å². The standard InChI is InChI=1S/C17H17N3OS/c1-12-7-9-14(10-8-12)20-16(18-19-17(20)22)11-21-15-6-4-3-5-13(15)2/h3-10H,11H2,1-2H3,(H,19,22). The maximum Gasteiger partial charge on any atom is 0.199 e. The van der Waals surface area contributed by atoms with Crippen molar-refractivity contribution in [3.8, 4) is 11.4 Å². The zero-order chi connectivity index (χ0) is 15.5. The Morgan fingerprint density at radius 2 is 1.82 bits per heavy atom. The van der Waals surface area contributed by atoms with Crippen molar-refractivity contribution in [3.63, 3.8) is 0 Å². The predicted molar refractivity (Wildman–Crippen MR) is 89.0 cm³/mol. The minimum atomic E-state index is 0.353. The molecule has 1 heterocycles. The molecule has 1 aromatic heterocycles. The van der Waals surface area contributed by atoms with Crippen LogP contribution in [0.5, 0.6) is 5.75 Å². The molecule has 0 spiro atoms. The van der Waals surface area contributed by atoms with Gasteiger partial charge in [-0.2, -0.15) is 5.10 Å². The molecule has 2 aromatic carbocycles. The van der Waals surface area contributed by atoms with Gasteiger partial charge in [0.1, 0.15) is 12.4 Å². The van der Waals surface area contributed by atoms with Gasteiger partial charge in [0, 0.05) is 5.69 Å². The molecule has 0 saturated carbocycles. The van der Waals surface area contributed by atoms with Crippen LogP contribution in [0.1, 0.15) is 17.0 Å². The summed E-state index contributed by atoms with van der Waals surface area (Å²) in [6.07, 6.45) is 0. The van der Waals surface area contributed by atoms with Gasteiger partial charge in [-0.15, -0.1) is 0 Å². The highest BCUT2D eigenvalue weighted by atomic mass is 32.1. The minimum absolute atomic E-state index is 0.353. The summed E-state index contributed by atoms with van der Waals surface area (Å²) >= 11 is 5.33. The molecule has 0 aliphatic carbocycles. The molecule has 0 bridgehead atoms. The number of nitrogens with one attached hydrogen (secondary N) is 1. The Kier molecular flexibility index (Phi) is 4.06. The van der Waals surface area contributed by atoms with Crippen LogP contribution in [-0.4, -0.2) is 14.8 Å². The summed E-state index contributed by atoms with van der Waals surface area (Å²) in [6.45, 7) is 4.43. The van der Waals surface area contributed by atoms with Gasteiger partial charge in [-0.25, -0.2) is 0 Å². The smallest absolute Gasteiger partial charge is 0.199 e. The SMILES string of the molecule is Cc1ccc(-n2c(COc3ccccc3C)n[nH]c2=S)cc1. The van der Waals surface area contributed by atoms with Crippen LogP contribution in [0.25, 0.3) is 5.69 Å². The van der Waals surface area contributed by atoms with Crippen LogP contribution in [0.3, 0.4) is 0 Å². The highest BCUT2D eigenvalue weighted by molar-refractivity contribution is 7.71. The molecular formula is C17H17N3OS. The second-order valence-corrected chi connectivity index (χ2v) is 5.56. The van der Waals surface area contributed by atoms with Gasteiger partial charge < -0.3 is 4.74 Å². The lowest BCUT2D eigenvalue weighted by atomic mass is 10.2. The number of rotatable bonds is 4. The molecule has 3 rings (SSSR count). The summed E-state index contributed by atoms with van der Waals surface area (Å²) in [6, 6.07) is 16.1. The van der Waals surface area contributed by atoms with Crippen LogP contribution in [-0.2, 0) is 6.61 Å². The molecule has 0 unspecified atom stereocenters. The van der Waals surface area contributed by atoms with Gasteiger partial charge in [0.05, 0.1) is 0 Å². The zero-order valence-corrected chi connectivity index (χ0v) is 13.4. The summed E-state index contributed by atoms with van der Waals surface area (Å²) in [7, 11) is 0. The lowest BCUT2D eigenvalue weighted by Gasteiger charge is -2.10. The van der Waals surface area contributed by atoms with E-state index in [2.05, 4.69) is 29.3 Å². The van der Waals surface area contributed by atoms with Gasteiger partial charge in [0.15, 0.2) is 10.6 Å². The molecular weight excluding hydrogens is 294 g/mol. The number of aromatic nitrogens is 3. The second kappa shape index (κ2) is 6.15. The van der Waals surface area contributed by atoms with Crippen molar-refractivity contribution < 1.29 is 4.74 Å². The average molecular weight is 311 g/mol. The molecule has 112 valence electrons. The van der Waals surface area contributed by atoms with E-state index in [1.807, 2.05) is 47.9 Å². The molecule has 0 amide bonds. The summed E-state index contributed by atoms with van der Waals surface area (Å²) in [5.74, 6) is 1.60. The fourth-order valence-electron chi connectivity index (χ4n) is 2.25. The molecule has 0 atom stereocenters. The van der Waals surface area contributed by atoms with E-state index < -0.39 is 0 Å². The molecule has 5 heteroatoms. The third-order valence-corrected chi connectivity index (χ3v) is 3.76. The number of para-hydroxylation sites is 1. The maximum atomic E-state index is 5.87. The van der Waals surface area contributed by atoms with Crippen molar-refractivity contribution in [2.75, 3.05) is 0 Å². The zero-order valence-electron chi connectivity index (χ0n) is 12.5. The van der Waals surface area contributed by atoms with E-state index in [9.17, 15) is 0 Å². The molecule has 0 radical (unpaired) electrons. The van der Waals surface area contributed by atoms with Crippen LogP contribution in [0.2, 0.25) is 0 Å². The third-order valence-electron chi connectivity index (χ3n) is 3.48. The van der Waals surface area contributed by atoms with Crippen molar-refractivity contribution in [2.24, 2.45) is 0 Å². The van der Waals surface area contributed by atoms with E-state index in [4.69, 9.17) is 17.0 Å². The normalized spacial score (nSPS) is 10.6. The Balaban J connectivity index is 1.88. The number of hydrogen-bond donors (Lipinski definition) is 1. The Morgan fingerprint density at radius 3 is 2.55 bits per heavy atom. The highest BCUT2D eigenvalue weighted by Gasteiger charge is 2.09. The van der Waals surface area contributed by atoms with E-state index in [0.29, 0.717) is 11.4 Å². The van der Waals surface area contributed by atoms with Crippen molar-refractivity contribution >= 4 is 12.2 Å². The maximum absolute atomic E-state index is 5.87. The molecule has 3 aromatic rings. The number of aromatic amines is 1. The molecule has 4 nitrogen and oxygen atoms in total. The summed E-state index contributed by atoms with van der Waals surface area (Å²) in [5.41, 5.74) is 3.28. The van der Waals surface area contributed by atoms with E-state index in [1.165, 1.54) is 5.56 Å². The van der Waals surface area contributed by atoms with Crippen LogP contribution >= 0.6 is 12.2 Å². The molecule has 0 aliphatic rings. The quantitative estimate of drug-likeness (QED) is 0.737. The average Bonchev–Trinajstić information content (AvgIpc) is 2.88. The van der Waals surface area contributed by atoms with Crippen molar-refractivity contribution in [2.45, 2.75) is 20.5 Å². The Morgan fingerprint density at radius 1 is 1.09 bits per heavy atom. The Bertz CT molecular complexity index is 834. The van der Waals surface area contributed by atoms with Crippen molar-refractivity contribution in [1.82, 2.24) is 14.8 Å². The first-order valence-electron chi connectivity index (χ1n) is 7.07. The summed E-state index contributed by atoms with van der Waals surface area (Å²) < 4.78 is 8.33. The molecule has 0 fully saturated rings. The molecule has 22 heavy (non-hydrogen) atoms. The van der Waals surface area contributed by atoms with E-state index in [-0.39, 0.29) is 0 Å². The van der Waals surface area contributed by atoms with Crippen LogP contribution in [0.15, 0.2) is 48.5 Å². The number of aryl methyl sites for hydroxylation is 2. The van der Waals surface area contributed by atoms with Gasteiger partial charge in [-0.3, -0.25) is 9.67 Å². The number of nitrogens with zero attached hydrogens (tertiary/aromatic N) is 2.